The molecule has 0 heterocycles. The van der Waals surface area contributed by atoms with Crippen molar-refractivity contribution in [2.24, 2.45) is 0 Å². The van der Waals surface area contributed by atoms with E-state index in [0.29, 0.717) is 13.2 Å². The third kappa shape index (κ3) is 32.2. The molecule has 7 heteroatoms. The molecule has 0 amide bonds. The van der Waals surface area contributed by atoms with Gasteiger partial charge in [0, 0.05) is 8.77 Å². The van der Waals surface area contributed by atoms with Crippen molar-refractivity contribution in [1.29, 1.82) is 0 Å². The third-order valence-corrected chi connectivity index (χ3v) is 0.996. The van der Waals surface area contributed by atoms with Gasteiger partial charge in [0.15, 0.2) is 0 Å². The first-order valence-electron chi connectivity index (χ1n) is 3.22. The van der Waals surface area contributed by atoms with Crippen LogP contribution < -0.4 is 0 Å². The van der Waals surface area contributed by atoms with Crippen LogP contribution in [0.1, 0.15) is 13.8 Å². The van der Waals surface area contributed by atoms with Crippen molar-refractivity contribution in [3.05, 3.63) is 0 Å². The molecule has 0 aliphatic rings. The molecule has 0 rings (SSSR count). The van der Waals surface area contributed by atoms with Crippen molar-refractivity contribution in [3.63, 3.8) is 0 Å². The molecular weight excluding hydrogens is 427 g/mol. The predicted molar refractivity (Wildman–Crippen MR) is 63.2 cm³/mol. The van der Waals surface area contributed by atoms with Gasteiger partial charge in [0.2, 0.25) is 0 Å². The molecule has 2 nitrogen and oxygen atoms in total. The van der Waals surface area contributed by atoms with Crippen molar-refractivity contribution in [1.82, 2.24) is 0 Å². The Morgan fingerprint density at radius 3 is 1.23 bits per heavy atom. The Morgan fingerprint density at radius 2 is 1.23 bits per heavy atom. The van der Waals surface area contributed by atoms with Crippen LogP contribution >= 0.6 is 24.4 Å². The summed E-state index contributed by atoms with van der Waals surface area (Å²) in [5.74, 6) is 0. The van der Waals surface area contributed by atoms with Crippen LogP contribution in [0, 0.1) is 0 Å². The van der Waals surface area contributed by atoms with Gasteiger partial charge >= 0.3 is 21.1 Å². The van der Waals surface area contributed by atoms with Gasteiger partial charge in [-0.05, 0) is 13.8 Å². The van der Waals surface area contributed by atoms with Gasteiger partial charge in [-0.3, -0.25) is 0 Å². The fourth-order valence-corrected chi connectivity index (χ4v) is 0.707. The van der Waals surface area contributed by atoms with E-state index in [2.05, 4.69) is 59.2 Å². The van der Waals surface area contributed by atoms with Gasteiger partial charge in [-0.1, -0.05) is 0 Å². The van der Waals surface area contributed by atoms with E-state index in [1.54, 1.807) is 0 Å². The molecule has 13 heavy (non-hydrogen) atoms. The fourth-order valence-electron chi connectivity index (χ4n) is 0.236. The van der Waals surface area contributed by atoms with Gasteiger partial charge in [0.05, 0.1) is 13.2 Å². The van der Waals surface area contributed by atoms with Crippen LogP contribution in [0.15, 0.2) is 0 Å². The summed E-state index contributed by atoms with van der Waals surface area (Å²) in [5, 5.41) is 0. The Hall–Kier alpha value is 0.908. The van der Waals surface area contributed by atoms with E-state index in [1.165, 1.54) is 0 Å². The summed E-state index contributed by atoms with van der Waals surface area (Å²) >= 11 is 17.5. The first-order valence-corrected chi connectivity index (χ1v) is 4.85. The zero-order chi connectivity index (χ0) is 9.98. The number of hydrogen-bond donors (Lipinski definition) is 0. The van der Waals surface area contributed by atoms with E-state index in [0.717, 1.165) is 0 Å². The maximum Gasteiger partial charge on any atom is 2.00 e. The number of thiocarbonyl (C=S) groups is 2. The molecule has 0 aromatic carbocycles. The van der Waals surface area contributed by atoms with Crippen LogP contribution in [0.25, 0.3) is 0 Å². The maximum absolute atomic E-state index is 4.59. The Labute approximate surface area is 115 Å². The largest absolute Gasteiger partial charge is 2.00 e. The van der Waals surface area contributed by atoms with E-state index in [9.17, 15) is 0 Å². The van der Waals surface area contributed by atoms with E-state index >= 15 is 0 Å². The van der Waals surface area contributed by atoms with Crippen LogP contribution in [0.2, 0.25) is 0 Å². The predicted octanol–water partition coefficient (Wildman–Crippen LogP) is 1.71. The summed E-state index contributed by atoms with van der Waals surface area (Å²) in [6.07, 6.45) is 0. The quantitative estimate of drug-likeness (QED) is 0.480. The summed E-state index contributed by atoms with van der Waals surface area (Å²) < 4.78 is 9.59. The van der Waals surface area contributed by atoms with Crippen molar-refractivity contribution in [2.75, 3.05) is 13.2 Å². The molecule has 0 N–H and O–H groups in total. The number of hydrogen-bond acceptors (Lipinski definition) is 6. The Kier molecular flexibility index (Phi) is 23.0. The number of ether oxygens (including phenoxy) is 2. The normalized spacial score (nSPS) is 6.92. The summed E-state index contributed by atoms with van der Waals surface area (Å²) in [6.45, 7) is 4.86. The van der Waals surface area contributed by atoms with Crippen LogP contribution in [0.4, 0.5) is 0 Å². The molecule has 0 aliphatic heterocycles. The SMILES string of the molecule is CCOC(=S)[S-].CCOC(=S)[S-].[195Pt+2]. The first kappa shape index (κ1) is 19.5. The number of rotatable bonds is 2. The summed E-state index contributed by atoms with van der Waals surface area (Å²) in [4.78, 5) is 0. The maximum atomic E-state index is 4.59. The first-order chi connectivity index (χ1) is 5.54. The second-order valence-corrected chi connectivity index (χ2v) is 3.37. The molecule has 0 aromatic heterocycles. The van der Waals surface area contributed by atoms with Crippen molar-refractivity contribution < 1.29 is 30.5 Å². The summed E-state index contributed by atoms with van der Waals surface area (Å²) in [5.41, 5.74) is 0. The average molecular weight is 437 g/mol. The fraction of sp³-hybridized carbons (Fsp3) is 0.667. The second kappa shape index (κ2) is 15.4. The van der Waals surface area contributed by atoms with Crippen molar-refractivity contribution in [3.8, 4) is 0 Å². The molecule has 0 spiro atoms. The van der Waals surface area contributed by atoms with Crippen LogP contribution in [-0.2, 0) is 55.8 Å². The van der Waals surface area contributed by atoms with Gasteiger partial charge in [-0.2, -0.15) is 0 Å². The smallest absolute Gasteiger partial charge is 0.514 e. The van der Waals surface area contributed by atoms with Gasteiger partial charge in [-0.15, -0.1) is 0 Å². The third-order valence-electron chi connectivity index (χ3n) is 0.524. The average Bonchev–Trinajstić information content (AvgIpc) is 1.87. The molecule has 0 saturated heterocycles. The van der Waals surface area contributed by atoms with Crippen LogP contribution in [0.3, 0.4) is 0 Å². The minimum Gasteiger partial charge on any atom is -0.514 e. The minimum absolute atomic E-state index is 0. The molecule has 0 bridgehead atoms. The topological polar surface area (TPSA) is 18.5 Å². The summed E-state index contributed by atoms with van der Waals surface area (Å²) in [6, 6.07) is 0. The monoisotopic (exact) mass is 437 g/mol. The Bertz CT molecular complexity index is 127. The molecule has 0 aromatic rings. The molecule has 0 saturated carbocycles. The van der Waals surface area contributed by atoms with Gasteiger partial charge in [-0.25, -0.2) is 0 Å². The second-order valence-electron chi connectivity index (χ2n) is 1.37. The van der Waals surface area contributed by atoms with Gasteiger partial charge in [0.1, 0.15) is 0 Å². The van der Waals surface area contributed by atoms with E-state index in [4.69, 9.17) is 0 Å². The molecule has 0 fully saturated rings. The molecule has 0 unspecified atom stereocenters. The Morgan fingerprint density at radius 1 is 1.00 bits per heavy atom. The molecule has 0 radical (unpaired) electrons. The summed E-state index contributed by atoms with van der Waals surface area (Å²) in [7, 11) is 0. The van der Waals surface area contributed by atoms with Crippen molar-refractivity contribution >= 4 is 58.5 Å². The molecular formula is C6H10O2PtS4. The zero-order valence-corrected chi connectivity index (χ0v) is 12.7. The molecule has 80 valence electrons. The zero-order valence-electron chi connectivity index (χ0n) is 7.18. The van der Waals surface area contributed by atoms with Gasteiger partial charge < -0.3 is 59.2 Å². The molecule has 0 atom stereocenters. The van der Waals surface area contributed by atoms with E-state index in [1.807, 2.05) is 13.8 Å². The minimum atomic E-state index is 0. The molecule has 0 aliphatic carbocycles. The van der Waals surface area contributed by atoms with Gasteiger partial charge in [0.25, 0.3) is 0 Å². The van der Waals surface area contributed by atoms with Crippen LogP contribution in [-0.4, -0.2) is 22.0 Å². The van der Waals surface area contributed by atoms with E-state index in [-0.39, 0.29) is 29.8 Å². The Balaban J connectivity index is -0.000000143. The standard InChI is InChI=1S/2C3H6OS2.Pt/c2*1-2-4-3(5)6;/h2*2H2,1H3,(H,5,6);/q;;+2/p-2/i;;1+0. The van der Waals surface area contributed by atoms with E-state index < -0.39 is 0 Å². The van der Waals surface area contributed by atoms with Crippen LogP contribution in [0.5, 0.6) is 0 Å². The van der Waals surface area contributed by atoms with Crippen molar-refractivity contribution in [2.45, 2.75) is 13.8 Å².